The van der Waals surface area contributed by atoms with Crippen LogP contribution in [0.1, 0.15) is 30.9 Å². The minimum atomic E-state index is 0.288. The summed E-state index contributed by atoms with van der Waals surface area (Å²) >= 11 is 0. The normalized spacial score (nSPS) is 18.3. The first-order valence-electron chi connectivity index (χ1n) is 7.44. The molecule has 1 heterocycles. The minimum Gasteiger partial charge on any atom is -0.376 e. The summed E-state index contributed by atoms with van der Waals surface area (Å²) in [4.78, 5) is 4.55. The second kappa shape index (κ2) is 8.28. The highest BCUT2D eigenvalue weighted by atomic mass is 16.5. The van der Waals surface area contributed by atoms with Crippen LogP contribution >= 0.6 is 0 Å². The van der Waals surface area contributed by atoms with Gasteiger partial charge in [0.1, 0.15) is 0 Å². The molecule has 1 aromatic rings. The van der Waals surface area contributed by atoms with Gasteiger partial charge in [-0.25, -0.2) is 4.99 Å². The number of guanidine groups is 1. The standard InChI is InChI=1S/C16H22N4O/c1-2-18-16(20-12-15-7-4-8-21-15)19-11-14-6-3-5-13(9-14)10-17/h3,5-6,9,15H,2,4,7-8,11-12H2,1H3,(H2,18,19,20). The Morgan fingerprint density at radius 2 is 2.38 bits per heavy atom. The van der Waals surface area contributed by atoms with Gasteiger partial charge in [0.15, 0.2) is 5.96 Å². The van der Waals surface area contributed by atoms with Crippen molar-refractivity contribution < 1.29 is 4.74 Å². The molecule has 21 heavy (non-hydrogen) atoms. The van der Waals surface area contributed by atoms with E-state index in [-0.39, 0.29) is 6.10 Å². The van der Waals surface area contributed by atoms with E-state index in [0.29, 0.717) is 12.1 Å². The molecule has 0 saturated carbocycles. The third-order valence-corrected chi connectivity index (χ3v) is 3.34. The van der Waals surface area contributed by atoms with Crippen LogP contribution in [-0.2, 0) is 11.3 Å². The largest absolute Gasteiger partial charge is 0.376 e. The Hall–Kier alpha value is -2.06. The van der Waals surface area contributed by atoms with Crippen molar-refractivity contribution in [3.05, 3.63) is 35.4 Å². The molecule has 1 saturated heterocycles. The first-order chi connectivity index (χ1) is 10.3. The van der Waals surface area contributed by atoms with Crippen molar-refractivity contribution in [3.8, 4) is 6.07 Å². The van der Waals surface area contributed by atoms with Crippen LogP contribution in [0.2, 0.25) is 0 Å². The summed E-state index contributed by atoms with van der Waals surface area (Å²) in [6, 6.07) is 9.68. The molecule has 1 aliphatic rings. The third-order valence-electron chi connectivity index (χ3n) is 3.34. The Morgan fingerprint density at radius 1 is 1.48 bits per heavy atom. The second-order valence-corrected chi connectivity index (χ2v) is 5.02. The topological polar surface area (TPSA) is 69.4 Å². The molecular weight excluding hydrogens is 264 g/mol. The van der Waals surface area contributed by atoms with E-state index >= 15 is 0 Å². The smallest absolute Gasteiger partial charge is 0.191 e. The zero-order valence-electron chi connectivity index (χ0n) is 12.4. The van der Waals surface area contributed by atoms with E-state index in [1.807, 2.05) is 25.1 Å². The maximum Gasteiger partial charge on any atom is 0.191 e. The quantitative estimate of drug-likeness (QED) is 0.639. The van der Waals surface area contributed by atoms with E-state index in [1.54, 1.807) is 6.07 Å². The van der Waals surface area contributed by atoms with Crippen molar-refractivity contribution in [1.29, 1.82) is 5.26 Å². The molecule has 1 aliphatic heterocycles. The first-order valence-corrected chi connectivity index (χ1v) is 7.44. The average Bonchev–Trinajstić information content (AvgIpc) is 3.03. The molecule has 0 spiro atoms. The van der Waals surface area contributed by atoms with Crippen molar-refractivity contribution in [2.75, 3.05) is 19.7 Å². The van der Waals surface area contributed by atoms with Crippen LogP contribution in [0.5, 0.6) is 0 Å². The Labute approximate surface area is 126 Å². The molecule has 0 bridgehead atoms. The predicted molar refractivity (Wildman–Crippen MR) is 82.9 cm³/mol. The SMILES string of the molecule is CCNC(=NCc1cccc(C#N)c1)NCC1CCCO1. The van der Waals surface area contributed by atoms with E-state index in [2.05, 4.69) is 21.7 Å². The molecule has 0 amide bonds. The summed E-state index contributed by atoms with van der Waals surface area (Å²) in [6.07, 6.45) is 2.54. The van der Waals surface area contributed by atoms with E-state index in [4.69, 9.17) is 10.00 Å². The van der Waals surface area contributed by atoms with Crippen LogP contribution in [-0.4, -0.2) is 31.8 Å². The molecule has 0 aliphatic carbocycles. The summed E-state index contributed by atoms with van der Waals surface area (Å²) in [5.41, 5.74) is 1.70. The number of aliphatic imine (C=N–C) groups is 1. The number of nitrogens with one attached hydrogen (secondary N) is 2. The molecular formula is C16H22N4O. The van der Waals surface area contributed by atoms with Crippen molar-refractivity contribution in [1.82, 2.24) is 10.6 Å². The Balaban J connectivity index is 1.91. The molecule has 1 unspecified atom stereocenters. The molecule has 1 aromatic carbocycles. The molecule has 2 N–H and O–H groups in total. The van der Waals surface area contributed by atoms with Gasteiger partial charge in [-0.1, -0.05) is 12.1 Å². The van der Waals surface area contributed by atoms with Crippen molar-refractivity contribution in [3.63, 3.8) is 0 Å². The monoisotopic (exact) mass is 286 g/mol. The van der Waals surface area contributed by atoms with Gasteiger partial charge in [-0.15, -0.1) is 0 Å². The number of ether oxygens (including phenoxy) is 1. The lowest BCUT2D eigenvalue weighted by Gasteiger charge is -2.14. The molecule has 1 atom stereocenters. The third kappa shape index (κ3) is 5.09. The molecule has 112 valence electrons. The summed E-state index contributed by atoms with van der Waals surface area (Å²) in [5, 5.41) is 15.4. The molecule has 5 nitrogen and oxygen atoms in total. The summed E-state index contributed by atoms with van der Waals surface area (Å²) < 4.78 is 5.59. The van der Waals surface area contributed by atoms with E-state index in [9.17, 15) is 0 Å². The zero-order valence-corrected chi connectivity index (χ0v) is 12.4. The molecule has 2 rings (SSSR count). The van der Waals surface area contributed by atoms with Crippen LogP contribution in [0.15, 0.2) is 29.3 Å². The van der Waals surface area contributed by atoms with Crippen LogP contribution in [0.3, 0.4) is 0 Å². The highest BCUT2D eigenvalue weighted by Gasteiger charge is 2.15. The van der Waals surface area contributed by atoms with Gasteiger partial charge >= 0.3 is 0 Å². The van der Waals surface area contributed by atoms with Crippen LogP contribution in [0, 0.1) is 11.3 Å². The fourth-order valence-electron chi connectivity index (χ4n) is 2.27. The predicted octanol–water partition coefficient (Wildman–Crippen LogP) is 1.79. The highest BCUT2D eigenvalue weighted by molar-refractivity contribution is 5.79. The van der Waals surface area contributed by atoms with Crippen molar-refractivity contribution in [2.45, 2.75) is 32.4 Å². The molecule has 0 radical (unpaired) electrons. The van der Waals surface area contributed by atoms with Gasteiger partial charge in [0, 0.05) is 19.7 Å². The Bertz CT molecular complexity index is 515. The fourth-order valence-corrected chi connectivity index (χ4v) is 2.27. The summed E-state index contributed by atoms with van der Waals surface area (Å²) in [6.45, 7) is 5.05. The van der Waals surface area contributed by atoms with E-state index in [0.717, 1.165) is 44.1 Å². The lowest BCUT2D eigenvalue weighted by Crippen LogP contribution is -2.41. The number of hydrogen-bond donors (Lipinski definition) is 2. The van der Waals surface area contributed by atoms with Gasteiger partial charge in [0.05, 0.1) is 24.3 Å². The molecule has 5 heteroatoms. The van der Waals surface area contributed by atoms with Gasteiger partial charge in [0.2, 0.25) is 0 Å². The van der Waals surface area contributed by atoms with Crippen LogP contribution < -0.4 is 10.6 Å². The maximum absolute atomic E-state index is 8.90. The summed E-state index contributed by atoms with van der Waals surface area (Å²) in [7, 11) is 0. The number of hydrogen-bond acceptors (Lipinski definition) is 3. The number of nitriles is 1. The van der Waals surface area contributed by atoms with Crippen molar-refractivity contribution in [2.24, 2.45) is 4.99 Å². The van der Waals surface area contributed by atoms with Gasteiger partial charge in [-0.2, -0.15) is 5.26 Å². The number of rotatable bonds is 5. The van der Waals surface area contributed by atoms with Crippen LogP contribution in [0.25, 0.3) is 0 Å². The second-order valence-electron chi connectivity index (χ2n) is 5.02. The van der Waals surface area contributed by atoms with Crippen molar-refractivity contribution >= 4 is 5.96 Å². The van der Waals surface area contributed by atoms with Gasteiger partial charge in [0.25, 0.3) is 0 Å². The van der Waals surface area contributed by atoms with Gasteiger partial charge in [-0.05, 0) is 37.5 Å². The van der Waals surface area contributed by atoms with E-state index in [1.165, 1.54) is 0 Å². The lowest BCUT2D eigenvalue weighted by atomic mass is 10.1. The summed E-state index contributed by atoms with van der Waals surface area (Å²) in [5.74, 6) is 0.787. The average molecular weight is 286 g/mol. The Morgan fingerprint density at radius 3 is 3.10 bits per heavy atom. The highest BCUT2D eigenvalue weighted by Crippen LogP contribution is 2.10. The molecule has 1 fully saturated rings. The van der Waals surface area contributed by atoms with Gasteiger partial charge in [-0.3, -0.25) is 0 Å². The first kappa shape index (κ1) is 15.3. The van der Waals surface area contributed by atoms with E-state index < -0.39 is 0 Å². The lowest BCUT2D eigenvalue weighted by molar-refractivity contribution is 0.114. The van der Waals surface area contributed by atoms with Gasteiger partial charge < -0.3 is 15.4 Å². The van der Waals surface area contributed by atoms with Crippen LogP contribution in [0.4, 0.5) is 0 Å². The maximum atomic E-state index is 8.90. The Kier molecular flexibility index (Phi) is 6.04. The number of benzene rings is 1. The minimum absolute atomic E-state index is 0.288. The zero-order chi connectivity index (χ0) is 14.9. The molecule has 0 aromatic heterocycles. The fraction of sp³-hybridized carbons (Fsp3) is 0.500. The number of nitrogens with zero attached hydrogens (tertiary/aromatic N) is 2.